The molecule has 2 amide bonds. The summed E-state index contributed by atoms with van der Waals surface area (Å²) in [7, 11) is 0. The van der Waals surface area contributed by atoms with E-state index in [9.17, 15) is 14.0 Å². The third-order valence-corrected chi connectivity index (χ3v) is 6.55. The van der Waals surface area contributed by atoms with Gasteiger partial charge in [0.05, 0.1) is 12.0 Å². The molecule has 0 spiro atoms. The van der Waals surface area contributed by atoms with Crippen LogP contribution in [0.25, 0.3) is 0 Å². The SMILES string of the molecule is O=C(N[C@H](c1ccc(F)cc1)c1cccs1)[C@@H]1CC(=O)N(C2CCCC2)C1. The van der Waals surface area contributed by atoms with Crippen molar-refractivity contribution < 1.29 is 14.0 Å². The maximum Gasteiger partial charge on any atom is 0.226 e. The van der Waals surface area contributed by atoms with Crippen molar-refractivity contribution in [2.75, 3.05) is 6.54 Å². The van der Waals surface area contributed by atoms with E-state index in [1.54, 1.807) is 23.5 Å². The lowest BCUT2D eigenvalue weighted by atomic mass is 10.0. The number of nitrogens with zero attached hydrogens (tertiary/aromatic N) is 1. The van der Waals surface area contributed by atoms with Crippen LogP contribution in [0, 0.1) is 11.7 Å². The molecule has 0 radical (unpaired) electrons. The molecule has 4 nitrogen and oxygen atoms in total. The molecule has 2 aromatic rings. The Morgan fingerprint density at radius 2 is 1.93 bits per heavy atom. The molecule has 2 atom stereocenters. The fourth-order valence-electron chi connectivity index (χ4n) is 4.17. The Balaban J connectivity index is 1.49. The average Bonchev–Trinajstić information content (AvgIpc) is 3.41. The van der Waals surface area contributed by atoms with E-state index in [-0.39, 0.29) is 36.0 Å². The van der Waals surface area contributed by atoms with Gasteiger partial charge in [-0.3, -0.25) is 9.59 Å². The summed E-state index contributed by atoms with van der Waals surface area (Å²) in [5, 5.41) is 5.06. The van der Waals surface area contributed by atoms with Gasteiger partial charge in [-0.05, 0) is 42.0 Å². The van der Waals surface area contributed by atoms with Crippen molar-refractivity contribution in [1.29, 1.82) is 0 Å². The maximum absolute atomic E-state index is 13.3. The van der Waals surface area contributed by atoms with Crippen molar-refractivity contribution in [3.63, 3.8) is 0 Å². The Hall–Kier alpha value is -2.21. The lowest BCUT2D eigenvalue weighted by Crippen LogP contribution is -2.38. The quantitative estimate of drug-likeness (QED) is 0.848. The highest BCUT2D eigenvalue weighted by Gasteiger charge is 2.39. The van der Waals surface area contributed by atoms with E-state index in [1.165, 1.54) is 12.1 Å². The van der Waals surface area contributed by atoms with Crippen LogP contribution in [0.5, 0.6) is 0 Å². The van der Waals surface area contributed by atoms with E-state index >= 15 is 0 Å². The second-order valence-corrected chi connectivity index (χ2v) is 8.37. The summed E-state index contributed by atoms with van der Waals surface area (Å²) >= 11 is 1.55. The minimum atomic E-state index is -0.325. The molecule has 1 aliphatic heterocycles. The van der Waals surface area contributed by atoms with Gasteiger partial charge in [0, 0.05) is 23.9 Å². The standard InChI is InChI=1S/C21H23FN2O2S/c22-16-9-7-14(8-10-16)20(18-6-3-11-27-18)23-21(26)15-12-19(25)24(13-15)17-4-1-2-5-17/h3,6-11,15,17,20H,1-2,4-5,12-13H2,(H,23,26)/t15-,20-/m1/s1. The van der Waals surface area contributed by atoms with Crippen molar-refractivity contribution in [3.05, 3.63) is 58.0 Å². The molecule has 1 N–H and O–H groups in total. The Morgan fingerprint density at radius 1 is 1.19 bits per heavy atom. The summed E-state index contributed by atoms with van der Waals surface area (Å²) < 4.78 is 13.3. The molecule has 1 aromatic heterocycles. The predicted molar refractivity (Wildman–Crippen MR) is 103 cm³/mol. The molecule has 2 fully saturated rings. The van der Waals surface area contributed by atoms with Gasteiger partial charge in [-0.1, -0.05) is 31.0 Å². The van der Waals surface area contributed by atoms with Gasteiger partial charge in [0.2, 0.25) is 11.8 Å². The highest BCUT2D eigenvalue weighted by Crippen LogP contribution is 2.31. The van der Waals surface area contributed by atoms with Crippen LogP contribution < -0.4 is 5.32 Å². The van der Waals surface area contributed by atoms with E-state index in [0.717, 1.165) is 36.1 Å². The molecule has 1 aliphatic carbocycles. The number of carbonyl (C=O) groups is 2. The largest absolute Gasteiger partial charge is 0.344 e. The van der Waals surface area contributed by atoms with Crippen molar-refractivity contribution >= 4 is 23.2 Å². The van der Waals surface area contributed by atoms with E-state index in [2.05, 4.69) is 5.32 Å². The molecule has 1 saturated heterocycles. The van der Waals surface area contributed by atoms with Crippen LogP contribution in [-0.2, 0) is 9.59 Å². The number of benzene rings is 1. The van der Waals surface area contributed by atoms with Crippen LogP contribution in [0.4, 0.5) is 4.39 Å². The average molecular weight is 386 g/mol. The number of carbonyl (C=O) groups excluding carboxylic acids is 2. The lowest BCUT2D eigenvalue weighted by Gasteiger charge is -2.24. The highest BCUT2D eigenvalue weighted by atomic mass is 32.1. The summed E-state index contributed by atoms with van der Waals surface area (Å²) in [5.74, 6) is -0.632. The van der Waals surface area contributed by atoms with Gasteiger partial charge in [0.1, 0.15) is 5.82 Å². The van der Waals surface area contributed by atoms with E-state index in [0.29, 0.717) is 12.6 Å². The molecule has 0 bridgehead atoms. The number of rotatable bonds is 5. The van der Waals surface area contributed by atoms with Gasteiger partial charge < -0.3 is 10.2 Å². The van der Waals surface area contributed by atoms with E-state index < -0.39 is 0 Å². The van der Waals surface area contributed by atoms with Gasteiger partial charge in [0.15, 0.2) is 0 Å². The third kappa shape index (κ3) is 3.90. The van der Waals surface area contributed by atoms with Gasteiger partial charge in [0.25, 0.3) is 0 Å². The lowest BCUT2D eigenvalue weighted by molar-refractivity contribution is -0.130. The van der Waals surface area contributed by atoms with E-state index in [1.807, 2.05) is 22.4 Å². The number of hydrogen-bond acceptors (Lipinski definition) is 3. The van der Waals surface area contributed by atoms with Crippen molar-refractivity contribution in [2.24, 2.45) is 5.92 Å². The minimum absolute atomic E-state index is 0.0940. The zero-order valence-electron chi connectivity index (χ0n) is 15.1. The van der Waals surface area contributed by atoms with Crippen LogP contribution >= 0.6 is 11.3 Å². The maximum atomic E-state index is 13.3. The zero-order chi connectivity index (χ0) is 18.8. The van der Waals surface area contributed by atoms with Crippen molar-refractivity contribution in [1.82, 2.24) is 10.2 Å². The first kappa shape index (κ1) is 18.2. The van der Waals surface area contributed by atoms with Crippen molar-refractivity contribution in [2.45, 2.75) is 44.2 Å². The molecule has 6 heteroatoms. The monoisotopic (exact) mass is 386 g/mol. The van der Waals surface area contributed by atoms with Gasteiger partial charge >= 0.3 is 0 Å². The molecule has 1 aromatic carbocycles. The fourth-order valence-corrected chi connectivity index (χ4v) is 4.97. The molecule has 4 rings (SSSR count). The smallest absolute Gasteiger partial charge is 0.226 e. The first-order valence-corrected chi connectivity index (χ1v) is 10.4. The van der Waals surface area contributed by atoms with Crippen LogP contribution in [0.3, 0.4) is 0 Å². The van der Waals surface area contributed by atoms with Crippen LogP contribution in [0.1, 0.15) is 48.6 Å². The fraction of sp³-hybridized carbons (Fsp3) is 0.429. The minimum Gasteiger partial charge on any atom is -0.344 e. The molecule has 2 heterocycles. The highest BCUT2D eigenvalue weighted by molar-refractivity contribution is 7.10. The number of amides is 2. The van der Waals surface area contributed by atoms with Crippen LogP contribution in [-0.4, -0.2) is 29.3 Å². The van der Waals surface area contributed by atoms with Crippen molar-refractivity contribution in [3.8, 4) is 0 Å². The van der Waals surface area contributed by atoms with Gasteiger partial charge in [-0.25, -0.2) is 4.39 Å². The Labute approximate surface area is 162 Å². The molecular formula is C21H23FN2O2S. The van der Waals surface area contributed by atoms with Gasteiger partial charge in [-0.2, -0.15) is 0 Å². The Morgan fingerprint density at radius 3 is 2.59 bits per heavy atom. The second kappa shape index (κ2) is 7.80. The number of halogens is 1. The number of thiophene rings is 1. The number of nitrogens with one attached hydrogen (secondary N) is 1. The molecule has 27 heavy (non-hydrogen) atoms. The summed E-state index contributed by atoms with van der Waals surface area (Å²) in [4.78, 5) is 28.2. The molecule has 1 saturated carbocycles. The normalized spacial score (nSPS) is 21.6. The predicted octanol–water partition coefficient (Wildman–Crippen LogP) is 3.88. The topological polar surface area (TPSA) is 49.4 Å². The molecular weight excluding hydrogens is 363 g/mol. The number of hydrogen-bond donors (Lipinski definition) is 1. The van der Waals surface area contributed by atoms with Gasteiger partial charge in [-0.15, -0.1) is 11.3 Å². The molecule has 142 valence electrons. The third-order valence-electron chi connectivity index (χ3n) is 5.61. The molecule has 2 aliphatic rings. The second-order valence-electron chi connectivity index (χ2n) is 7.39. The first-order chi connectivity index (χ1) is 13.1. The Bertz CT molecular complexity index is 800. The van der Waals surface area contributed by atoms with Crippen LogP contribution in [0.15, 0.2) is 41.8 Å². The summed E-state index contributed by atoms with van der Waals surface area (Å²) in [5.41, 5.74) is 0.837. The number of likely N-dealkylation sites (tertiary alicyclic amines) is 1. The first-order valence-electron chi connectivity index (χ1n) is 9.50. The zero-order valence-corrected chi connectivity index (χ0v) is 15.9. The summed E-state index contributed by atoms with van der Waals surface area (Å²) in [6.07, 6.45) is 4.70. The summed E-state index contributed by atoms with van der Waals surface area (Å²) in [6.45, 7) is 0.510. The molecule has 0 unspecified atom stereocenters. The Kier molecular flexibility index (Phi) is 5.25. The van der Waals surface area contributed by atoms with Crippen LogP contribution in [0.2, 0.25) is 0 Å². The van der Waals surface area contributed by atoms with E-state index in [4.69, 9.17) is 0 Å². The summed E-state index contributed by atoms with van der Waals surface area (Å²) in [6, 6.07) is 10.1.